The number of hydrogen-bond acceptors (Lipinski definition) is 3. The van der Waals surface area contributed by atoms with Gasteiger partial charge in [-0.1, -0.05) is 38.4 Å². The van der Waals surface area contributed by atoms with Crippen molar-refractivity contribution in [2.45, 2.75) is 66.3 Å². The topological polar surface area (TPSA) is 58.2 Å². The van der Waals surface area contributed by atoms with Crippen molar-refractivity contribution in [1.82, 2.24) is 5.32 Å². The molecule has 2 N–H and O–H groups in total. The Bertz CT molecular complexity index is 967. The molecule has 0 saturated carbocycles. The van der Waals surface area contributed by atoms with Crippen LogP contribution in [0.5, 0.6) is 0 Å². The Morgan fingerprint density at radius 1 is 1.10 bits per heavy atom. The molecule has 0 aliphatic heterocycles. The number of carbonyl (C=O) groups is 2. The summed E-state index contributed by atoms with van der Waals surface area (Å²) < 4.78 is 0. The van der Waals surface area contributed by atoms with Gasteiger partial charge >= 0.3 is 0 Å². The number of nitrogens with one attached hydrogen (secondary N) is 2. The normalized spacial score (nSPS) is 16.7. The van der Waals surface area contributed by atoms with E-state index in [4.69, 9.17) is 11.6 Å². The number of anilines is 1. The first-order chi connectivity index (χ1) is 13.8. The van der Waals surface area contributed by atoms with Crippen molar-refractivity contribution >= 4 is 39.8 Å². The molecule has 2 amide bonds. The standard InChI is InChI=1S/C24H31ClN2O2S/c1-23(2,3)15-10-11-17-18(13-15)30-22(19(17)21(29)27-24(4,5)6)26-20(28)14-8-7-9-16(25)12-14/h7-9,12,15H,10-11,13H2,1-6H3,(H,26,28)(H,27,29). The van der Waals surface area contributed by atoms with Gasteiger partial charge in [0.05, 0.1) is 5.56 Å². The van der Waals surface area contributed by atoms with Crippen molar-refractivity contribution in [3.05, 3.63) is 50.9 Å². The van der Waals surface area contributed by atoms with E-state index in [2.05, 4.69) is 31.4 Å². The molecular weight excluding hydrogens is 416 g/mol. The van der Waals surface area contributed by atoms with Gasteiger partial charge in [-0.3, -0.25) is 9.59 Å². The smallest absolute Gasteiger partial charge is 0.256 e. The number of rotatable bonds is 3. The summed E-state index contributed by atoms with van der Waals surface area (Å²) in [6, 6.07) is 6.84. The molecule has 2 aromatic rings. The van der Waals surface area contributed by atoms with Crippen molar-refractivity contribution in [2.75, 3.05) is 5.32 Å². The molecule has 6 heteroatoms. The first-order valence-corrected chi connectivity index (χ1v) is 11.6. The number of amides is 2. The highest BCUT2D eigenvalue weighted by atomic mass is 35.5. The van der Waals surface area contributed by atoms with Gasteiger partial charge in [0.25, 0.3) is 11.8 Å². The average Bonchev–Trinajstić information content (AvgIpc) is 2.96. The fraction of sp³-hybridized carbons (Fsp3) is 0.500. The Kier molecular flexibility index (Phi) is 6.35. The minimum atomic E-state index is -0.358. The molecule has 0 saturated heterocycles. The third-order valence-electron chi connectivity index (χ3n) is 5.52. The lowest BCUT2D eigenvalue weighted by Gasteiger charge is -2.34. The van der Waals surface area contributed by atoms with E-state index in [0.29, 0.717) is 27.1 Å². The van der Waals surface area contributed by atoms with Gasteiger partial charge in [0, 0.05) is 21.0 Å². The van der Waals surface area contributed by atoms with Gasteiger partial charge in [0.2, 0.25) is 0 Å². The Balaban J connectivity index is 1.98. The van der Waals surface area contributed by atoms with Crippen LogP contribution in [-0.2, 0) is 12.8 Å². The lowest BCUT2D eigenvalue weighted by Crippen LogP contribution is -2.41. The molecule has 162 valence electrons. The highest BCUT2D eigenvalue weighted by molar-refractivity contribution is 7.17. The van der Waals surface area contributed by atoms with Gasteiger partial charge in [-0.2, -0.15) is 0 Å². The molecule has 0 bridgehead atoms. The van der Waals surface area contributed by atoms with E-state index < -0.39 is 0 Å². The second kappa shape index (κ2) is 8.35. The second-order valence-corrected chi connectivity index (χ2v) is 11.7. The van der Waals surface area contributed by atoms with Crippen LogP contribution in [0.3, 0.4) is 0 Å². The summed E-state index contributed by atoms with van der Waals surface area (Å²) in [6.45, 7) is 12.7. The summed E-state index contributed by atoms with van der Waals surface area (Å²) in [4.78, 5) is 27.3. The Hall–Kier alpha value is -1.85. The van der Waals surface area contributed by atoms with E-state index in [1.54, 1.807) is 24.3 Å². The van der Waals surface area contributed by atoms with E-state index >= 15 is 0 Å². The predicted octanol–water partition coefficient (Wildman–Crippen LogP) is 6.33. The van der Waals surface area contributed by atoms with Crippen LogP contribution in [0, 0.1) is 11.3 Å². The molecule has 1 heterocycles. The second-order valence-electron chi connectivity index (χ2n) is 10.2. The van der Waals surface area contributed by atoms with Crippen LogP contribution >= 0.6 is 22.9 Å². The summed E-state index contributed by atoms with van der Waals surface area (Å²) in [6.07, 6.45) is 2.84. The van der Waals surface area contributed by atoms with Gasteiger partial charge in [0.15, 0.2) is 0 Å². The molecule has 4 nitrogen and oxygen atoms in total. The zero-order valence-electron chi connectivity index (χ0n) is 18.6. The summed E-state index contributed by atoms with van der Waals surface area (Å²) in [5, 5.41) is 7.20. The lowest BCUT2D eigenvalue weighted by atomic mass is 9.72. The lowest BCUT2D eigenvalue weighted by molar-refractivity contribution is 0.0919. The van der Waals surface area contributed by atoms with E-state index in [1.807, 2.05) is 20.8 Å². The summed E-state index contributed by atoms with van der Waals surface area (Å²) in [7, 11) is 0. The molecule has 3 rings (SSSR count). The van der Waals surface area contributed by atoms with Crippen molar-refractivity contribution < 1.29 is 9.59 Å². The van der Waals surface area contributed by atoms with Crippen LogP contribution in [-0.4, -0.2) is 17.4 Å². The molecule has 0 spiro atoms. The molecular formula is C24H31ClN2O2S. The first-order valence-electron chi connectivity index (χ1n) is 10.4. The van der Waals surface area contributed by atoms with Crippen LogP contribution in [0.1, 0.15) is 79.1 Å². The van der Waals surface area contributed by atoms with E-state index in [-0.39, 0.29) is 22.8 Å². The van der Waals surface area contributed by atoms with Crippen molar-refractivity contribution in [2.24, 2.45) is 11.3 Å². The highest BCUT2D eigenvalue weighted by Gasteiger charge is 2.34. The average molecular weight is 447 g/mol. The van der Waals surface area contributed by atoms with Crippen LogP contribution < -0.4 is 10.6 Å². The SMILES string of the molecule is CC(C)(C)NC(=O)c1c(NC(=O)c2cccc(Cl)c2)sc2c1CCC(C(C)(C)C)C2. The molecule has 1 aromatic carbocycles. The van der Waals surface area contributed by atoms with Crippen molar-refractivity contribution in [3.8, 4) is 0 Å². The third kappa shape index (κ3) is 5.25. The van der Waals surface area contributed by atoms with Crippen LogP contribution in [0.4, 0.5) is 5.00 Å². The maximum atomic E-state index is 13.2. The highest BCUT2D eigenvalue weighted by Crippen LogP contribution is 2.44. The number of hydrogen-bond donors (Lipinski definition) is 2. The van der Waals surface area contributed by atoms with Gasteiger partial charge in [-0.05, 0) is 75.1 Å². The summed E-state index contributed by atoms with van der Waals surface area (Å²) >= 11 is 7.58. The Morgan fingerprint density at radius 3 is 2.40 bits per heavy atom. The van der Waals surface area contributed by atoms with Crippen LogP contribution in [0.2, 0.25) is 5.02 Å². The van der Waals surface area contributed by atoms with Gasteiger partial charge in [-0.15, -0.1) is 11.3 Å². The monoisotopic (exact) mass is 446 g/mol. The molecule has 0 fully saturated rings. The molecule has 30 heavy (non-hydrogen) atoms. The minimum Gasteiger partial charge on any atom is -0.347 e. The fourth-order valence-electron chi connectivity index (χ4n) is 3.86. The van der Waals surface area contributed by atoms with Crippen LogP contribution in [0.15, 0.2) is 24.3 Å². The zero-order valence-corrected chi connectivity index (χ0v) is 20.2. The first kappa shape index (κ1) is 22.8. The summed E-state index contributed by atoms with van der Waals surface area (Å²) in [5.41, 5.74) is 2.03. The number of carbonyl (C=O) groups excluding carboxylic acids is 2. The van der Waals surface area contributed by atoms with Gasteiger partial charge in [-0.25, -0.2) is 0 Å². The molecule has 1 aromatic heterocycles. The number of fused-ring (bicyclic) bond motifs is 1. The Labute approximate surface area is 188 Å². The predicted molar refractivity (Wildman–Crippen MR) is 126 cm³/mol. The van der Waals surface area contributed by atoms with Crippen molar-refractivity contribution in [3.63, 3.8) is 0 Å². The molecule has 1 atom stereocenters. The number of thiophene rings is 1. The zero-order chi connectivity index (χ0) is 22.3. The molecule has 1 aliphatic rings. The van der Waals surface area contributed by atoms with E-state index in [9.17, 15) is 9.59 Å². The molecule has 0 radical (unpaired) electrons. The maximum absolute atomic E-state index is 13.2. The van der Waals surface area contributed by atoms with Crippen LogP contribution in [0.25, 0.3) is 0 Å². The van der Waals surface area contributed by atoms with E-state index in [0.717, 1.165) is 24.8 Å². The third-order valence-corrected chi connectivity index (χ3v) is 6.92. The molecule has 1 unspecified atom stereocenters. The quantitative estimate of drug-likeness (QED) is 0.578. The largest absolute Gasteiger partial charge is 0.347 e. The van der Waals surface area contributed by atoms with Gasteiger partial charge in [0.1, 0.15) is 5.00 Å². The van der Waals surface area contributed by atoms with E-state index in [1.165, 1.54) is 16.2 Å². The number of benzene rings is 1. The molecule has 1 aliphatic carbocycles. The number of halogens is 1. The Morgan fingerprint density at radius 2 is 1.80 bits per heavy atom. The maximum Gasteiger partial charge on any atom is 0.256 e. The van der Waals surface area contributed by atoms with Crippen molar-refractivity contribution in [1.29, 1.82) is 0 Å². The fourth-order valence-corrected chi connectivity index (χ4v) is 5.37. The summed E-state index contributed by atoms with van der Waals surface area (Å²) in [5.74, 6) is 0.169. The van der Waals surface area contributed by atoms with Gasteiger partial charge < -0.3 is 10.6 Å². The minimum absolute atomic E-state index is 0.129.